The third kappa shape index (κ3) is 4.48. The highest BCUT2D eigenvalue weighted by Gasteiger charge is 2.35. The van der Waals surface area contributed by atoms with Crippen LogP contribution in [0, 0.1) is 0 Å². The van der Waals surface area contributed by atoms with E-state index < -0.39 is 17.4 Å². The molecular weight excluding hydrogens is 412 g/mol. The van der Waals surface area contributed by atoms with Gasteiger partial charge in [-0.25, -0.2) is 0 Å². The summed E-state index contributed by atoms with van der Waals surface area (Å²) in [5.74, 6) is -1.45. The van der Waals surface area contributed by atoms with Crippen molar-refractivity contribution in [3.8, 4) is 0 Å². The van der Waals surface area contributed by atoms with Crippen LogP contribution in [0.1, 0.15) is 51.0 Å². The van der Waals surface area contributed by atoms with Gasteiger partial charge in [0.05, 0.1) is 11.5 Å². The van der Waals surface area contributed by atoms with Crippen molar-refractivity contribution in [2.24, 2.45) is 0 Å². The monoisotopic (exact) mass is 438 g/mol. The van der Waals surface area contributed by atoms with Gasteiger partial charge < -0.3 is 20.9 Å². The van der Waals surface area contributed by atoms with Crippen LogP contribution in [-0.4, -0.2) is 40.3 Å². The van der Waals surface area contributed by atoms with Crippen molar-refractivity contribution in [2.45, 2.75) is 51.5 Å². The molecule has 4 N–H and O–H groups in total. The fourth-order valence-corrected chi connectivity index (χ4v) is 4.20. The highest BCUT2D eigenvalue weighted by Crippen LogP contribution is 2.31. The van der Waals surface area contributed by atoms with Gasteiger partial charge in [0.25, 0.3) is 5.56 Å². The van der Waals surface area contributed by atoms with Gasteiger partial charge in [-0.05, 0) is 50.5 Å². The molecule has 1 fully saturated rings. The van der Waals surface area contributed by atoms with E-state index in [1.807, 2.05) is 4.90 Å². The molecule has 1 aromatic heterocycles. The van der Waals surface area contributed by atoms with E-state index in [-0.39, 0.29) is 35.7 Å². The normalized spacial score (nSPS) is 20.2. The third-order valence-electron chi connectivity index (χ3n) is 5.80. The Balaban J connectivity index is 1.58. The smallest absolute Gasteiger partial charge is 0.258 e. The second-order valence-electron chi connectivity index (χ2n) is 8.24. The Bertz CT molecular complexity index is 1110. The van der Waals surface area contributed by atoms with Crippen molar-refractivity contribution in [1.82, 2.24) is 9.97 Å². The number of carbonyl (C=O) groups excluding carboxylic acids is 3. The van der Waals surface area contributed by atoms with E-state index in [9.17, 15) is 19.2 Å². The first kappa shape index (κ1) is 21.5. The van der Waals surface area contributed by atoms with Crippen molar-refractivity contribution in [3.05, 3.63) is 40.2 Å². The van der Waals surface area contributed by atoms with Crippen molar-refractivity contribution in [2.75, 3.05) is 27.4 Å². The van der Waals surface area contributed by atoms with Crippen LogP contribution in [0.15, 0.2) is 29.1 Å². The van der Waals surface area contributed by atoms with Crippen LogP contribution >= 0.6 is 0 Å². The number of nitrogens with one attached hydrogen (secondary N) is 4. The number of piperidine rings is 1. The summed E-state index contributed by atoms with van der Waals surface area (Å²) in [6, 6.07) is 6.80. The molecule has 3 amide bonds. The van der Waals surface area contributed by atoms with Crippen molar-refractivity contribution < 1.29 is 14.4 Å². The summed E-state index contributed by atoms with van der Waals surface area (Å²) in [5, 5.41) is 8.04. The third-order valence-corrected chi connectivity index (χ3v) is 5.80. The Morgan fingerprint density at radius 1 is 1.09 bits per heavy atom. The van der Waals surface area contributed by atoms with Gasteiger partial charge in [-0.2, -0.15) is 4.98 Å². The summed E-state index contributed by atoms with van der Waals surface area (Å²) in [6.45, 7) is 4.25. The molecule has 0 radical (unpaired) electrons. The fraction of sp³-hybridized carbons (Fsp3) is 0.409. The van der Waals surface area contributed by atoms with Crippen LogP contribution in [0.2, 0.25) is 0 Å². The summed E-state index contributed by atoms with van der Waals surface area (Å²) in [5.41, 5.74) is 0.812. The number of rotatable bonds is 4. The molecule has 10 heteroatoms. The number of hydrogen-bond acceptors (Lipinski definition) is 6. The standard InChI is InChI=1S/C22H26N6O4/c1-12-5-3-4-10-28(12)22-26-19-18(21(32)27-22)16(11-17(30)25-19)20(31)24-15-8-6-14(7-9-15)23-13(2)29/h6-9,12,16H,3-5,10-11H2,1-2H3,(H,23,29)(H,24,31)(H2,25,26,27,30,32). The minimum absolute atomic E-state index is 0.138. The molecule has 2 aliphatic rings. The lowest BCUT2D eigenvalue weighted by Crippen LogP contribution is -2.41. The minimum Gasteiger partial charge on any atom is -0.340 e. The van der Waals surface area contributed by atoms with E-state index in [1.54, 1.807) is 24.3 Å². The highest BCUT2D eigenvalue weighted by molar-refractivity contribution is 6.04. The number of fused-ring (bicyclic) bond motifs is 1. The average Bonchev–Trinajstić information content (AvgIpc) is 2.74. The zero-order valence-electron chi connectivity index (χ0n) is 18.0. The molecule has 32 heavy (non-hydrogen) atoms. The maximum absolute atomic E-state index is 13.0. The van der Waals surface area contributed by atoms with Crippen LogP contribution in [0.5, 0.6) is 0 Å². The van der Waals surface area contributed by atoms with E-state index in [4.69, 9.17) is 0 Å². The largest absolute Gasteiger partial charge is 0.340 e. The fourth-order valence-electron chi connectivity index (χ4n) is 4.20. The van der Waals surface area contributed by atoms with Gasteiger partial charge >= 0.3 is 0 Å². The zero-order chi connectivity index (χ0) is 22.8. The van der Waals surface area contributed by atoms with E-state index in [1.165, 1.54) is 6.92 Å². The maximum Gasteiger partial charge on any atom is 0.258 e. The van der Waals surface area contributed by atoms with Gasteiger partial charge in [0.1, 0.15) is 5.82 Å². The SMILES string of the molecule is CC(=O)Nc1ccc(NC(=O)C2CC(=O)Nc3nc(N4CCCCC4C)[nH]c(=O)c32)cc1. The number of H-pyrrole nitrogens is 1. The highest BCUT2D eigenvalue weighted by atomic mass is 16.2. The molecule has 10 nitrogen and oxygen atoms in total. The lowest BCUT2D eigenvalue weighted by molar-refractivity contribution is -0.123. The Morgan fingerprint density at radius 3 is 2.44 bits per heavy atom. The Morgan fingerprint density at radius 2 is 1.78 bits per heavy atom. The second-order valence-corrected chi connectivity index (χ2v) is 8.24. The molecule has 2 aliphatic heterocycles. The maximum atomic E-state index is 13.0. The predicted octanol–water partition coefficient (Wildman–Crippen LogP) is 2.17. The number of aromatic amines is 1. The molecule has 3 heterocycles. The van der Waals surface area contributed by atoms with Crippen LogP contribution in [-0.2, 0) is 14.4 Å². The zero-order valence-corrected chi connectivity index (χ0v) is 18.0. The summed E-state index contributed by atoms with van der Waals surface area (Å²) >= 11 is 0. The molecule has 2 atom stereocenters. The predicted molar refractivity (Wildman–Crippen MR) is 121 cm³/mol. The molecule has 2 unspecified atom stereocenters. The first-order chi connectivity index (χ1) is 15.3. The number of carbonyl (C=O) groups is 3. The molecule has 168 valence electrons. The van der Waals surface area contributed by atoms with E-state index in [2.05, 4.69) is 32.8 Å². The number of nitrogens with zero attached hydrogens (tertiary/aromatic N) is 2. The van der Waals surface area contributed by atoms with Crippen LogP contribution in [0.25, 0.3) is 0 Å². The molecular formula is C22H26N6O4. The number of benzene rings is 1. The van der Waals surface area contributed by atoms with Crippen molar-refractivity contribution >= 4 is 40.9 Å². The molecule has 2 aromatic rings. The second kappa shape index (κ2) is 8.81. The molecule has 0 saturated carbocycles. The van der Waals surface area contributed by atoms with Crippen LogP contribution in [0.4, 0.5) is 23.1 Å². The first-order valence-electron chi connectivity index (χ1n) is 10.7. The molecule has 1 aromatic carbocycles. The van der Waals surface area contributed by atoms with E-state index in [0.717, 1.165) is 25.8 Å². The van der Waals surface area contributed by atoms with Gasteiger partial charge in [-0.3, -0.25) is 24.2 Å². The number of hydrogen-bond donors (Lipinski definition) is 4. The van der Waals surface area contributed by atoms with Gasteiger partial charge in [0.2, 0.25) is 23.7 Å². The van der Waals surface area contributed by atoms with Gasteiger partial charge in [-0.15, -0.1) is 0 Å². The summed E-state index contributed by atoms with van der Waals surface area (Å²) in [6.07, 6.45) is 2.98. The van der Waals surface area contributed by atoms with Crippen molar-refractivity contribution in [1.29, 1.82) is 0 Å². The van der Waals surface area contributed by atoms with Crippen LogP contribution in [0.3, 0.4) is 0 Å². The topological polar surface area (TPSA) is 136 Å². The summed E-state index contributed by atoms with van der Waals surface area (Å²) < 4.78 is 0. The molecule has 0 bridgehead atoms. The quantitative estimate of drug-likeness (QED) is 0.578. The van der Waals surface area contributed by atoms with Crippen molar-refractivity contribution in [3.63, 3.8) is 0 Å². The molecule has 1 saturated heterocycles. The number of anilines is 4. The van der Waals surface area contributed by atoms with Gasteiger partial charge in [0.15, 0.2) is 0 Å². The Hall–Kier alpha value is -3.69. The lowest BCUT2D eigenvalue weighted by atomic mass is 9.92. The molecule has 0 spiro atoms. The first-order valence-corrected chi connectivity index (χ1v) is 10.7. The van der Waals surface area contributed by atoms with Crippen LogP contribution < -0.4 is 26.4 Å². The van der Waals surface area contributed by atoms with Gasteiger partial charge in [-0.1, -0.05) is 0 Å². The van der Waals surface area contributed by atoms with Gasteiger partial charge in [0, 0.05) is 37.3 Å². The Labute approximate surface area is 184 Å². The van der Waals surface area contributed by atoms with E-state index >= 15 is 0 Å². The number of aromatic nitrogens is 2. The average molecular weight is 438 g/mol. The molecule has 0 aliphatic carbocycles. The minimum atomic E-state index is -0.960. The van der Waals surface area contributed by atoms with E-state index in [0.29, 0.717) is 17.3 Å². The summed E-state index contributed by atoms with van der Waals surface area (Å²) in [7, 11) is 0. The lowest BCUT2D eigenvalue weighted by Gasteiger charge is -2.34. The molecule has 4 rings (SSSR count). The Kier molecular flexibility index (Phi) is 5.93. The number of amides is 3. The summed E-state index contributed by atoms with van der Waals surface area (Å²) in [4.78, 5) is 58.7.